The zero-order chi connectivity index (χ0) is 17.0. The Hall–Kier alpha value is -2.14. The second-order valence-electron chi connectivity index (χ2n) is 6.18. The molecular formula is C18H25N3O2. The molecule has 5 nitrogen and oxygen atoms in total. The fourth-order valence-electron chi connectivity index (χ4n) is 2.70. The number of rotatable bonds is 6. The van der Waals surface area contributed by atoms with Crippen LogP contribution in [0.2, 0.25) is 0 Å². The molecule has 1 aromatic carbocycles. The summed E-state index contributed by atoms with van der Waals surface area (Å²) >= 11 is 0. The van der Waals surface area contributed by atoms with Gasteiger partial charge < -0.3 is 10.1 Å². The number of carbonyl (C=O) groups is 1. The smallest absolute Gasteiger partial charge is 0.308 e. The minimum Gasteiger partial charge on any atom is -0.426 e. The lowest BCUT2D eigenvalue weighted by atomic mass is 10.0. The van der Waals surface area contributed by atoms with Crippen molar-refractivity contribution in [1.29, 1.82) is 0 Å². The molecule has 0 fully saturated rings. The number of nitrogens with zero attached hydrogens (tertiary/aromatic N) is 1. The summed E-state index contributed by atoms with van der Waals surface area (Å²) in [6, 6.07) is 6.51. The summed E-state index contributed by atoms with van der Waals surface area (Å²) in [7, 11) is 0. The quantitative estimate of drug-likeness (QED) is 0.635. The summed E-state index contributed by atoms with van der Waals surface area (Å²) in [5, 5.41) is 10.7. The van der Waals surface area contributed by atoms with Crippen LogP contribution in [0.4, 0.5) is 0 Å². The normalized spacial score (nSPS) is 12.2. The maximum absolute atomic E-state index is 11.1. The molecule has 1 aromatic heterocycles. The number of aromatic amines is 1. The summed E-state index contributed by atoms with van der Waals surface area (Å²) in [4.78, 5) is 11.1. The van der Waals surface area contributed by atoms with E-state index in [2.05, 4.69) is 40.6 Å². The summed E-state index contributed by atoms with van der Waals surface area (Å²) in [6.07, 6.45) is 0.883. The van der Waals surface area contributed by atoms with Gasteiger partial charge in [0.1, 0.15) is 5.75 Å². The maximum Gasteiger partial charge on any atom is 0.308 e. The van der Waals surface area contributed by atoms with Gasteiger partial charge in [0.05, 0.1) is 5.69 Å². The van der Waals surface area contributed by atoms with Crippen molar-refractivity contribution in [3.05, 3.63) is 46.3 Å². The highest BCUT2D eigenvalue weighted by Crippen LogP contribution is 2.25. The van der Waals surface area contributed by atoms with Crippen molar-refractivity contribution < 1.29 is 9.53 Å². The molecule has 1 atom stereocenters. The van der Waals surface area contributed by atoms with Gasteiger partial charge in [-0.1, -0.05) is 12.1 Å². The first-order valence-corrected chi connectivity index (χ1v) is 7.88. The van der Waals surface area contributed by atoms with E-state index in [0.29, 0.717) is 11.8 Å². The Morgan fingerprint density at radius 2 is 1.91 bits per heavy atom. The molecule has 0 aliphatic carbocycles. The third-order valence-corrected chi connectivity index (χ3v) is 3.69. The van der Waals surface area contributed by atoms with Crippen LogP contribution >= 0.6 is 0 Å². The Bertz CT molecular complexity index is 668. The number of benzene rings is 1. The molecule has 124 valence electrons. The van der Waals surface area contributed by atoms with E-state index in [1.807, 2.05) is 20.8 Å². The first kappa shape index (κ1) is 17.2. The number of hydrogen-bond acceptors (Lipinski definition) is 4. The molecule has 0 aliphatic heterocycles. The van der Waals surface area contributed by atoms with Crippen LogP contribution in [0.3, 0.4) is 0 Å². The number of esters is 1. The molecule has 23 heavy (non-hydrogen) atoms. The Morgan fingerprint density at radius 1 is 1.26 bits per heavy atom. The molecule has 0 saturated heterocycles. The van der Waals surface area contributed by atoms with Crippen LogP contribution in [0.5, 0.6) is 5.75 Å². The molecule has 0 bridgehead atoms. The minimum atomic E-state index is -0.287. The lowest BCUT2D eigenvalue weighted by molar-refractivity contribution is -0.131. The molecule has 0 spiro atoms. The predicted octanol–water partition coefficient (Wildman–Crippen LogP) is 2.98. The molecule has 0 amide bonds. The van der Waals surface area contributed by atoms with Gasteiger partial charge in [-0.05, 0) is 50.5 Å². The minimum absolute atomic E-state index is 0.287. The first-order valence-electron chi connectivity index (χ1n) is 7.88. The Kier molecular flexibility index (Phi) is 5.55. The number of ether oxygens (including phenoxy) is 1. The molecular weight excluding hydrogens is 290 g/mol. The molecule has 2 N–H and O–H groups in total. The van der Waals surface area contributed by atoms with Crippen LogP contribution in [0.15, 0.2) is 18.2 Å². The standard InChI is InChI=1S/C18H25N3O2/c1-11-6-16(7-12(2)18(11)23-15(5)22)10-19-13(3)8-17-9-14(4)20-21-17/h6-7,9,13,19H,8,10H2,1-5H3,(H,20,21)/t13-/m1/s1. The van der Waals surface area contributed by atoms with E-state index < -0.39 is 0 Å². The molecule has 0 radical (unpaired) electrons. The number of aryl methyl sites for hydroxylation is 3. The van der Waals surface area contributed by atoms with Crippen LogP contribution in [-0.2, 0) is 17.8 Å². The van der Waals surface area contributed by atoms with E-state index in [4.69, 9.17) is 4.74 Å². The highest BCUT2D eigenvalue weighted by Gasteiger charge is 2.10. The number of hydrogen-bond donors (Lipinski definition) is 2. The van der Waals surface area contributed by atoms with E-state index in [1.54, 1.807) is 0 Å². The van der Waals surface area contributed by atoms with Crippen LogP contribution in [0.25, 0.3) is 0 Å². The van der Waals surface area contributed by atoms with Gasteiger partial charge >= 0.3 is 5.97 Å². The summed E-state index contributed by atoms with van der Waals surface area (Å²) < 4.78 is 5.27. The van der Waals surface area contributed by atoms with Gasteiger partial charge in [0.15, 0.2) is 0 Å². The molecule has 1 heterocycles. The molecule has 0 unspecified atom stereocenters. The first-order chi connectivity index (χ1) is 10.8. The number of carbonyl (C=O) groups excluding carboxylic acids is 1. The van der Waals surface area contributed by atoms with Crippen LogP contribution in [0.1, 0.15) is 41.9 Å². The topological polar surface area (TPSA) is 67.0 Å². The van der Waals surface area contributed by atoms with E-state index in [0.717, 1.165) is 35.5 Å². The van der Waals surface area contributed by atoms with E-state index >= 15 is 0 Å². The van der Waals surface area contributed by atoms with Crippen molar-refractivity contribution in [2.75, 3.05) is 0 Å². The molecule has 2 aromatic rings. The highest BCUT2D eigenvalue weighted by atomic mass is 16.5. The van der Waals surface area contributed by atoms with Gasteiger partial charge in [0, 0.05) is 31.6 Å². The Labute approximate surface area is 137 Å². The average molecular weight is 315 g/mol. The van der Waals surface area contributed by atoms with Crippen LogP contribution < -0.4 is 10.1 Å². The monoisotopic (exact) mass is 315 g/mol. The largest absolute Gasteiger partial charge is 0.426 e. The van der Waals surface area contributed by atoms with Crippen molar-refractivity contribution in [2.24, 2.45) is 0 Å². The summed E-state index contributed by atoms with van der Waals surface area (Å²) in [5.74, 6) is 0.381. The fourth-order valence-corrected chi connectivity index (χ4v) is 2.70. The van der Waals surface area contributed by atoms with E-state index in [-0.39, 0.29) is 5.97 Å². The van der Waals surface area contributed by atoms with Crippen molar-refractivity contribution in [2.45, 2.75) is 53.6 Å². The molecule has 0 aliphatic rings. The van der Waals surface area contributed by atoms with Gasteiger partial charge in [-0.15, -0.1) is 0 Å². The molecule has 2 rings (SSSR count). The van der Waals surface area contributed by atoms with Gasteiger partial charge in [-0.25, -0.2) is 0 Å². The zero-order valence-corrected chi connectivity index (χ0v) is 14.5. The molecule has 0 saturated carbocycles. The lowest BCUT2D eigenvalue weighted by Crippen LogP contribution is -2.27. The Morgan fingerprint density at radius 3 is 2.43 bits per heavy atom. The van der Waals surface area contributed by atoms with Gasteiger partial charge in [0.25, 0.3) is 0 Å². The van der Waals surface area contributed by atoms with Crippen molar-refractivity contribution >= 4 is 5.97 Å². The molecule has 5 heteroatoms. The summed E-state index contributed by atoms with van der Waals surface area (Å²) in [5.41, 5.74) is 5.29. The Balaban J connectivity index is 1.96. The van der Waals surface area contributed by atoms with Gasteiger partial charge in [-0.2, -0.15) is 5.10 Å². The maximum atomic E-state index is 11.1. The number of nitrogens with one attached hydrogen (secondary N) is 2. The number of aromatic nitrogens is 2. The fraction of sp³-hybridized carbons (Fsp3) is 0.444. The average Bonchev–Trinajstić information content (AvgIpc) is 2.85. The van der Waals surface area contributed by atoms with Crippen molar-refractivity contribution in [3.63, 3.8) is 0 Å². The second kappa shape index (κ2) is 7.42. The number of H-pyrrole nitrogens is 1. The third-order valence-electron chi connectivity index (χ3n) is 3.69. The summed E-state index contributed by atoms with van der Waals surface area (Å²) in [6.45, 7) is 10.3. The zero-order valence-electron chi connectivity index (χ0n) is 14.5. The predicted molar refractivity (Wildman–Crippen MR) is 90.6 cm³/mol. The van der Waals surface area contributed by atoms with Gasteiger partial charge in [-0.3, -0.25) is 9.89 Å². The van der Waals surface area contributed by atoms with E-state index in [1.165, 1.54) is 12.5 Å². The second-order valence-corrected chi connectivity index (χ2v) is 6.18. The lowest BCUT2D eigenvalue weighted by Gasteiger charge is -2.15. The van der Waals surface area contributed by atoms with E-state index in [9.17, 15) is 4.79 Å². The van der Waals surface area contributed by atoms with Crippen LogP contribution in [0, 0.1) is 20.8 Å². The highest BCUT2D eigenvalue weighted by molar-refractivity contribution is 5.70. The van der Waals surface area contributed by atoms with Crippen LogP contribution in [-0.4, -0.2) is 22.2 Å². The SMILES string of the molecule is CC(=O)Oc1c(C)cc(CN[C@H](C)Cc2cc(C)[nH]n2)cc1C. The van der Waals surface area contributed by atoms with Gasteiger partial charge in [0.2, 0.25) is 0 Å². The van der Waals surface area contributed by atoms with Crippen molar-refractivity contribution in [1.82, 2.24) is 15.5 Å². The van der Waals surface area contributed by atoms with Crippen molar-refractivity contribution in [3.8, 4) is 5.75 Å². The third kappa shape index (κ3) is 4.93.